The number of carbonyl (C=O) groups excluding carboxylic acids is 1. The van der Waals surface area contributed by atoms with Crippen LogP contribution in [0.5, 0.6) is 11.5 Å². The van der Waals surface area contributed by atoms with Gasteiger partial charge in [0.15, 0.2) is 11.5 Å². The van der Waals surface area contributed by atoms with Crippen LogP contribution < -0.4 is 14.8 Å². The second kappa shape index (κ2) is 8.82. The largest absolute Gasteiger partial charge is 0.486 e. The minimum atomic E-state index is -0.138. The van der Waals surface area contributed by atoms with Crippen molar-refractivity contribution in [1.82, 2.24) is 5.32 Å². The first-order valence-electron chi connectivity index (χ1n) is 10.0. The Labute approximate surface area is 171 Å². The van der Waals surface area contributed by atoms with E-state index in [1.54, 1.807) is 0 Å². The molecule has 3 aromatic rings. The van der Waals surface area contributed by atoms with E-state index in [1.807, 2.05) is 67.6 Å². The number of amides is 1. The van der Waals surface area contributed by atoms with Crippen LogP contribution in [-0.2, 0) is 12.8 Å². The maximum absolute atomic E-state index is 13.0. The van der Waals surface area contributed by atoms with Gasteiger partial charge in [0.2, 0.25) is 0 Å². The van der Waals surface area contributed by atoms with Crippen molar-refractivity contribution in [2.75, 3.05) is 13.2 Å². The molecule has 0 bridgehead atoms. The normalized spacial score (nSPS) is 13.6. The average molecular weight is 387 g/mol. The highest BCUT2D eigenvalue weighted by Crippen LogP contribution is 2.32. The molecule has 1 unspecified atom stereocenters. The molecule has 0 radical (unpaired) electrons. The topological polar surface area (TPSA) is 47.6 Å². The molecule has 0 aliphatic carbocycles. The van der Waals surface area contributed by atoms with Crippen molar-refractivity contribution in [2.24, 2.45) is 0 Å². The summed E-state index contributed by atoms with van der Waals surface area (Å²) < 4.78 is 11.2. The predicted molar refractivity (Wildman–Crippen MR) is 114 cm³/mol. The number of hydrogen-bond donors (Lipinski definition) is 1. The fourth-order valence-corrected chi connectivity index (χ4v) is 3.57. The van der Waals surface area contributed by atoms with Crippen molar-refractivity contribution in [2.45, 2.75) is 25.8 Å². The van der Waals surface area contributed by atoms with E-state index >= 15 is 0 Å². The zero-order chi connectivity index (χ0) is 20.1. The second-order valence-corrected chi connectivity index (χ2v) is 7.24. The molecule has 4 rings (SSSR count). The highest BCUT2D eigenvalue weighted by Gasteiger charge is 2.17. The molecule has 0 saturated heterocycles. The molecule has 1 N–H and O–H groups in total. The summed E-state index contributed by atoms with van der Waals surface area (Å²) in [5.74, 6) is 1.43. The van der Waals surface area contributed by atoms with Crippen molar-refractivity contribution in [3.8, 4) is 11.5 Å². The first-order chi connectivity index (χ1) is 14.2. The number of fused-ring (bicyclic) bond motifs is 1. The fourth-order valence-electron chi connectivity index (χ4n) is 3.57. The van der Waals surface area contributed by atoms with Gasteiger partial charge in [-0.1, -0.05) is 54.6 Å². The van der Waals surface area contributed by atoms with Gasteiger partial charge in [-0.05, 0) is 54.7 Å². The lowest BCUT2D eigenvalue weighted by Gasteiger charge is -2.21. The van der Waals surface area contributed by atoms with E-state index in [9.17, 15) is 4.79 Å². The number of nitrogens with one attached hydrogen (secondary N) is 1. The summed E-state index contributed by atoms with van der Waals surface area (Å²) in [6.45, 7) is 3.10. The molecule has 0 saturated carbocycles. The zero-order valence-electron chi connectivity index (χ0n) is 16.6. The summed E-state index contributed by atoms with van der Waals surface area (Å²) in [4.78, 5) is 13.0. The minimum absolute atomic E-state index is 0.0592. The van der Waals surface area contributed by atoms with Gasteiger partial charge in [0.25, 0.3) is 5.91 Å². The highest BCUT2D eigenvalue weighted by atomic mass is 16.6. The Morgan fingerprint density at radius 2 is 1.62 bits per heavy atom. The van der Waals surface area contributed by atoms with E-state index in [2.05, 4.69) is 17.4 Å². The number of rotatable bonds is 6. The highest BCUT2D eigenvalue weighted by molar-refractivity contribution is 5.96. The molecule has 1 aliphatic rings. The molecule has 4 nitrogen and oxygen atoms in total. The Hall–Kier alpha value is -3.27. The first kappa shape index (κ1) is 19.1. The summed E-state index contributed by atoms with van der Waals surface area (Å²) in [6.07, 6.45) is 1.73. The molecule has 0 fully saturated rings. The van der Waals surface area contributed by atoms with E-state index in [1.165, 1.54) is 5.56 Å². The van der Waals surface area contributed by atoms with Gasteiger partial charge in [0.05, 0.1) is 6.04 Å². The van der Waals surface area contributed by atoms with Crippen molar-refractivity contribution in [3.05, 3.63) is 95.1 Å². The lowest BCUT2D eigenvalue weighted by atomic mass is 9.99. The summed E-state index contributed by atoms with van der Waals surface area (Å²) >= 11 is 0. The van der Waals surface area contributed by atoms with Crippen LogP contribution in [0.25, 0.3) is 0 Å². The van der Waals surface area contributed by atoms with Crippen LogP contribution in [-0.4, -0.2) is 19.1 Å². The number of benzene rings is 3. The molecule has 3 aromatic carbocycles. The molecular weight excluding hydrogens is 362 g/mol. The van der Waals surface area contributed by atoms with Crippen LogP contribution in [0.1, 0.15) is 40.0 Å². The number of ether oxygens (including phenoxy) is 2. The number of aryl methyl sites for hydroxylation is 2. The maximum atomic E-state index is 13.0. The van der Waals surface area contributed by atoms with E-state index < -0.39 is 0 Å². The van der Waals surface area contributed by atoms with Crippen molar-refractivity contribution >= 4 is 5.91 Å². The molecule has 4 heteroatoms. The molecule has 0 spiro atoms. The Morgan fingerprint density at radius 3 is 2.45 bits per heavy atom. The Bertz CT molecular complexity index is 984. The van der Waals surface area contributed by atoms with Gasteiger partial charge >= 0.3 is 0 Å². The molecule has 148 valence electrons. The van der Waals surface area contributed by atoms with E-state index in [0.29, 0.717) is 13.2 Å². The molecule has 1 aliphatic heterocycles. The second-order valence-electron chi connectivity index (χ2n) is 7.24. The number of carbonyl (C=O) groups is 1. The molecule has 1 heterocycles. The van der Waals surface area contributed by atoms with Gasteiger partial charge in [-0.3, -0.25) is 4.79 Å². The summed E-state index contributed by atoms with van der Waals surface area (Å²) in [7, 11) is 0. The lowest BCUT2D eigenvalue weighted by Crippen LogP contribution is -2.27. The van der Waals surface area contributed by atoms with Crippen molar-refractivity contribution < 1.29 is 14.3 Å². The van der Waals surface area contributed by atoms with Gasteiger partial charge in [0, 0.05) is 5.56 Å². The van der Waals surface area contributed by atoms with Crippen LogP contribution >= 0.6 is 0 Å². The third kappa shape index (κ3) is 4.60. The van der Waals surface area contributed by atoms with E-state index in [4.69, 9.17) is 9.47 Å². The average Bonchev–Trinajstić information content (AvgIpc) is 2.78. The quantitative estimate of drug-likeness (QED) is 0.665. The van der Waals surface area contributed by atoms with Gasteiger partial charge in [-0.15, -0.1) is 0 Å². The Morgan fingerprint density at radius 1 is 0.897 bits per heavy atom. The SMILES string of the molecule is CC(NC(=O)c1ccccc1CCc1ccccc1)c1ccc2c(c1)OCCO2. The first-order valence-corrected chi connectivity index (χ1v) is 10.0. The van der Waals surface area contributed by atoms with Crippen molar-refractivity contribution in [3.63, 3.8) is 0 Å². The Balaban J connectivity index is 1.45. The van der Waals surface area contributed by atoms with Crippen LogP contribution in [0, 0.1) is 0 Å². The zero-order valence-corrected chi connectivity index (χ0v) is 16.6. The van der Waals surface area contributed by atoms with Crippen LogP contribution in [0.3, 0.4) is 0 Å². The van der Waals surface area contributed by atoms with Gasteiger partial charge < -0.3 is 14.8 Å². The molecule has 0 aromatic heterocycles. The van der Waals surface area contributed by atoms with E-state index in [-0.39, 0.29) is 11.9 Å². The molecular formula is C25H25NO3. The minimum Gasteiger partial charge on any atom is -0.486 e. The maximum Gasteiger partial charge on any atom is 0.252 e. The summed E-state index contributed by atoms with van der Waals surface area (Å²) in [5.41, 5.74) is 4.05. The van der Waals surface area contributed by atoms with Gasteiger partial charge in [-0.25, -0.2) is 0 Å². The Kier molecular flexibility index (Phi) is 5.80. The third-order valence-corrected chi connectivity index (χ3v) is 5.20. The fraction of sp³-hybridized carbons (Fsp3) is 0.240. The summed E-state index contributed by atoms with van der Waals surface area (Å²) in [5, 5.41) is 3.12. The predicted octanol–water partition coefficient (Wildman–Crippen LogP) is 4.73. The van der Waals surface area contributed by atoms with Gasteiger partial charge in [0.1, 0.15) is 13.2 Å². The molecule has 29 heavy (non-hydrogen) atoms. The molecule has 1 atom stereocenters. The molecule has 1 amide bonds. The lowest BCUT2D eigenvalue weighted by molar-refractivity contribution is 0.0938. The van der Waals surface area contributed by atoms with Crippen LogP contribution in [0.4, 0.5) is 0 Å². The third-order valence-electron chi connectivity index (χ3n) is 5.20. The van der Waals surface area contributed by atoms with Gasteiger partial charge in [-0.2, -0.15) is 0 Å². The standard InChI is InChI=1S/C25H25NO3/c1-18(21-13-14-23-24(17-21)29-16-15-28-23)26-25(27)22-10-6-5-9-20(22)12-11-19-7-3-2-4-8-19/h2-10,13-14,17-18H,11-12,15-16H2,1H3,(H,26,27). The summed E-state index contributed by atoms with van der Waals surface area (Å²) in [6, 6.07) is 23.9. The van der Waals surface area contributed by atoms with Crippen LogP contribution in [0.2, 0.25) is 0 Å². The number of hydrogen-bond acceptors (Lipinski definition) is 3. The smallest absolute Gasteiger partial charge is 0.252 e. The van der Waals surface area contributed by atoms with Crippen molar-refractivity contribution in [1.29, 1.82) is 0 Å². The van der Waals surface area contributed by atoms with E-state index in [0.717, 1.165) is 41.0 Å². The van der Waals surface area contributed by atoms with Crippen LogP contribution in [0.15, 0.2) is 72.8 Å². The monoisotopic (exact) mass is 387 g/mol.